The minimum Gasteiger partial charge on any atom is -0.367 e. The first-order valence-electron chi connectivity index (χ1n) is 7.98. The Labute approximate surface area is 139 Å². The van der Waals surface area contributed by atoms with Crippen LogP contribution in [0.25, 0.3) is 0 Å². The number of carbonyl (C=O) groups is 1. The molecule has 1 aliphatic heterocycles. The SMILES string of the molecule is CCc1noc(CO[C@@H]2CCCN(C(=O)Cc3cccs3)C2)n1. The number of rotatable bonds is 6. The van der Waals surface area contributed by atoms with Crippen LogP contribution in [0.2, 0.25) is 0 Å². The van der Waals surface area contributed by atoms with Gasteiger partial charge in [0, 0.05) is 24.4 Å². The highest BCUT2D eigenvalue weighted by Crippen LogP contribution is 2.17. The molecule has 1 aliphatic rings. The molecule has 6 nitrogen and oxygen atoms in total. The van der Waals surface area contributed by atoms with Crippen molar-refractivity contribution >= 4 is 17.2 Å². The smallest absolute Gasteiger partial charge is 0.252 e. The Kier molecular flexibility index (Phi) is 5.40. The molecule has 1 atom stereocenters. The van der Waals surface area contributed by atoms with Gasteiger partial charge in [0.15, 0.2) is 5.82 Å². The maximum absolute atomic E-state index is 12.4. The van der Waals surface area contributed by atoms with Crippen molar-refractivity contribution in [1.82, 2.24) is 15.0 Å². The first kappa shape index (κ1) is 16.1. The third kappa shape index (κ3) is 4.39. The van der Waals surface area contributed by atoms with E-state index >= 15 is 0 Å². The first-order valence-corrected chi connectivity index (χ1v) is 8.85. The zero-order valence-corrected chi connectivity index (χ0v) is 14.1. The number of nitrogens with zero attached hydrogens (tertiary/aromatic N) is 3. The van der Waals surface area contributed by atoms with Crippen LogP contribution >= 0.6 is 11.3 Å². The molecule has 7 heteroatoms. The van der Waals surface area contributed by atoms with Gasteiger partial charge in [0.2, 0.25) is 5.91 Å². The molecule has 23 heavy (non-hydrogen) atoms. The van der Waals surface area contributed by atoms with E-state index in [1.165, 1.54) is 0 Å². The molecule has 1 fully saturated rings. The molecule has 0 saturated carbocycles. The van der Waals surface area contributed by atoms with Gasteiger partial charge in [-0.15, -0.1) is 11.3 Å². The summed E-state index contributed by atoms with van der Waals surface area (Å²) in [6, 6.07) is 3.98. The van der Waals surface area contributed by atoms with Crippen LogP contribution in [-0.4, -0.2) is 40.1 Å². The minimum atomic E-state index is 0.0352. The largest absolute Gasteiger partial charge is 0.367 e. The average Bonchev–Trinajstić information content (AvgIpc) is 3.24. The van der Waals surface area contributed by atoms with E-state index in [1.54, 1.807) is 11.3 Å². The molecule has 2 aromatic rings. The summed E-state index contributed by atoms with van der Waals surface area (Å²) < 4.78 is 11.0. The van der Waals surface area contributed by atoms with E-state index in [2.05, 4.69) is 10.1 Å². The molecule has 1 amide bonds. The van der Waals surface area contributed by atoms with Gasteiger partial charge in [-0.25, -0.2) is 0 Å². The third-order valence-corrected chi connectivity index (χ3v) is 4.78. The fraction of sp³-hybridized carbons (Fsp3) is 0.562. The van der Waals surface area contributed by atoms with E-state index in [4.69, 9.17) is 9.26 Å². The van der Waals surface area contributed by atoms with E-state index in [0.717, 1.165) is 30.7 Å². The molecule has 0 bridgehead atoms. The van der Waals surface area contributed by atoms with Gasteiger partial charge in [-0.3, -0.25) is 4.79 Å². The molecule has 0 N–H and O–H groups in total. The van der Waals surface area contributed by atoms with Crippen molar-refractivity contribution in [2.45, 2.75) is 45.3 Å². The lowest BCUT2D eigenvalue weighted by molar-refractivity contribution is -0.135. The summed E-state index contributed by atoms with van der Waals surface area (Å²) in [4.78, 5) is 19.6. The van der Waals surface area contributed by atoms with Gasteiger partial charge >= 0.3 is 0 Å². The normalized spacial score (nSPS) is 18.3. The number of piperidine rings is 1. The van der Waals surface area contributed by atoms with E-state index in [0.29, 0.717) is 31.3 Å². The summed E-state index contributed by atoms with van der Waals surface area (Å²) >= 11 is 1.62. The van der Waals surface area contributed by atoms with Gasteiger partial charge in [0.05, 0.1) is 12.5 Å². The van der Waals surface area contributed by atoms with Crippen LogP contribution in [0, 0.1) is 0 Å². The monoisotopic (exact) mass is 335 g/mol. The van der Waals surface area contributed by atoms with Crippen molar-refractivity contribution in [3.8, 4) is 0 Å². The van der Waals surface area contributed by atoms with Crippen LogP contribution in [0.3, 0.4) is 0 Å². The molecule has 3 rings (SSSR count). The highest BCUT2D eigenvalue weighted by molar-refractivity contribution is 7.10. The molecule has 1 saturated heterocycles. The fourth-order valence-corrected chi connectivity index (χ4v) is 3.35. The summed E-state index contributed by atoms with van der Waals surface area (Å²) in [5.74, 6) is 1.37. The van der Waals surface area contributed by atoms with Gasteiger partial charge in [-0.1, -0.05) is 18.1 Å². The number of aryl methyl sites for hydroxylation is 1. The number of likely N-dealkylation sites (tertiary alicyclic amines) is 1. The molecule has 124 valence electrons. The summed E-state index contributed by atoms with van der Waals surface area (Å²) in [5.41, 5.74) is 0. The molecular weight excluding hydrogens is 314 g/mol. The molecule has 0 spiro atoms. The molecule has 0 unspecified atom stereocenters. The van der Waals surface area contributed by atoms with E-state index in [9.17, 15) is 4.79 Å². The van der Waals surface area contributed by atoms with Gasteiger partial charge in [-0.2, -0.15) is 4.98 Å². The fourth-order valence-electron chi connectivity index (χ4n) is 2.66. The van der Waals surface area contributed by atoms with E-state index in [-0.39, 0.29) is 12.0 Å². The van der Waals surface area contributed by atoms with Crippen LogP contribution in [0.15, 0.2) is 22.0 Å². The second kappa shape index (κ2) is 7.70. The number of thiophene rings is 1. The predicted molar refractivity (Wildman–Crippen MR) is 86.1 cm³/mol. The Morgan fingerprint density at radius 3 is 3.22 bits per heavy atom. The number of aromatic nitrogens is 2. The number of carbonyl (C=O) groups excluding carboxylic acids is 1. The average molecular weight is 335 g/mol. The number of hydrogen-bond acceptors (Lipinski definition) is 6. The van der Waals surface area contributed by atoms with Gasteiger partial charge in [0.1, 0.15) is 6.61 Å². The Morgan fingerprint density at radius 1 is 1.57 bits per heavy atom. The molecule has 0 aromatic carbocycles. The standard InChI is InChI=1S/C16H21N3O3S/c1-2-14-17-15(22-18-14)11-21-12-5-3-7-19(10-12)16(20)9-13-6-4-8-23-13/h4,6,8,12H,2-3,5,7,9-11H2,1H3/t12-/m1/s1. The van der Waals surface area contributed by atoms with Gasteiger partial charge in [-0.05, 0) is 24.3 Å². The lowest BCUT2D eigenvalue weighted by atomic mass is 10.1. The van der Waals surface area contributed by atoms with Crippen LogP contribution in [0.1, 0.15) is 36.4 Å². The summed E-state index contributed by atoms with van der Waals surface area (Å²) in [7, 11) is 0. The quantitative estimate of drug-likeness (QED) is 0.811. The van der Waals surface area contributed by atoms with Crippen LogP contribution in [-0.2, 0) is 29.0 Å². The van der Waals surface area contributed by atoms with Crippen LogP contribution in [0.4, 0.5) is 0 Å². The van der Waals surface area contributed by atoms with Crippen LogP contribution < -0.4 is 0 Å². The zero-order valence-electron chi connectivity index (χ0n) is 13.2. The van der Waals surface area contributed by atoms with Crippen LogP contribution in [0.5, 0.6) is 0 Å². The number of amides is 1. The zero-order chi connectivity index (χ0) is 16.1. The Bertz CT molecular complexity index is 626. The van der Waals surface area contributed by atoms with Crippen molar-refractivity contribution in [3.63, 3.8) is 0 Å². The Balaban J connectivity index is 1.48. The molecule has 3 heterocycles. The van der Waals surface area contributed by atoms with Crippen molar-refractivity contribution in [2.75, 3.05) is 13.1 Å². The lowest BCUT2D eigenvalue weighted by Crippen LogP contribution is -2.43. The summed E-state index contributed by atoms with van der Waals surface area (Å²) in [6.07, 6.45) is 3.18. The lowest BCUT2D eigenvalue weighted by Gasteiger charge is -2.32. The maximum atomic E-state index is 12.4. The second-order valence-electron chi connectivity index (χ2n) is 5.63. The Hall–Kier alpha value is -1.73. The van der Waals surface area contributed by atoms with Crippen molar-refractivity contribution in [3.05, 3.63) is 34.1 Å². The van der Waals surface area contributed by atoms with Gasteiger partial charge in [0.25, 0.3) is 5.89 Å². The van der Waals surface area contributed by atoms with Crippen molar-refractivity contribution in [1.29, 1.82) is 0 Å². The third-order valence-electron chi connectivity index (χ3n) is 3.91. The predicted octanol–water partition coefficient (Wildman–Crippen LogP) is 2.44. The van der Waals surface area contributed by atoms with E-state index < -0.39 is 0 Å². The Morgan fingerprint density at radius 2 is 2.48 bits per heavy atom. The van der Waals surface area contributed by atoms with E-state index in [1.807, 2.05) is 29.3 Å². The highest BCUT2D eigenvalue weighted by Gasteiger charge is 2.24. The van der Waals surface area contributed by atoms with Gasteiger partial charge < -0.3 is 14.2 Å². The van der Waals surface area contributed by atoms with Crippen molar-refractivity contribution < 1.29 is 14.1 Å². The highest BCUT2D eigenvalue weighted by atomic mass is 32.1. The van der Waals surface area contributed by atoms with Crippen molar-refractivity contribution in [2.24, 2.45) is 0 Å². The molecule has 2 aromatic heterocycles. The first-order chi connectivity index (χ1) is 11.2. The molecule has 0 aliphatic carbocycles. The topological polar surface area (TPSA) is 68.5 Å². The number of ether oxygens (including phenoxy) is 1. The summed E-state index contributed by atoms with van der Waals surface area (Å²) in [6.45, 7) is 3.74. The second-order valence-corrected chi connectivity index (χ2v) is 6.66. The minimum absolute atomic E-state index is 0.0352. The summed E-state index contributed by atoms with van der Waals surface area (Å²) in [5, 5.41) is 5.85. The number of hydrogen-bond donors (Lipinski definition) is 0. The molecule has 0 radical (unpaired) electrons. The molecular formula is C16H21N3O3S. The maximum Gasteiger partial charge on any atom is 0.252 e.